The van der Waals surface area contributed by atoms with Gasteiger partial charge in [-0.2, -0.15) is 0 Å². The molecule has 0 saturated carbocycles. The minimum atomic E-state index is -0.292. The molecule has 110 valence electrons. The zero-order chi connectivity index (χ0) is 14.9. The van der Waals surface area contributed by atoms with Crippen molar-refractivity contribution in [2.75, 3.05) is 6.54 Å². The molecular weight excluding hydrogens is 267 g/mol. The van der Waals surface area contributed by atoms with Crippen molar-refractivity contribution in [3.8, 4) is 0 Å². The Labute approximate surface area is 124 Å². The largest absolute Gasteiger partial charge is 0.352 e. The molecule has 0 atom stereocenters. The van der Waals surface area contributed by atoms with Crippen LogP contribution in [0.4, 0.5) is 4.39 Å². The number of amides is 1. The number of nitrogens with one attached hydrogen (secondary N) is 2. The lowest BCUT2D eigenvalue weighted by Gasteiger charge is -2.07. The van der Waals surface area contributed by atoms with E-state index in [-0.39, 0.29) is 18.3 Å². The summed E-state index contributed by atoms with van der Waals surface area (Å²) < 4.78 is 13.4. The Morgan fingerprint density at radius 2 is 1.67 bits per heavy atom. The minimum absolute atomic E-state index is 0.0844. The van der Waals surface area contributed by atoms with Gasteiger partial charge in [0, 0.05) is 31.6 Å². The highest BCUT2D eigenvalue weighted by Crippen LogP contribution is 2.05. The maximum atomic E-state index is 13.4. The van der Waals surface area contributed by atoms with Gasteiger partial charge < -0.3 is 10.6 Å². The summed E-state index contributed by atoms with van der Waals surface area (Å²) in [4.78, 5) is 11.7. The second-order valence-corrected chi connectivity index (χ2v) is 4.78. The van der Waals surface area contributed by atoms with E-state index in [0.717, 1.165) is 6.54 Å². The molecule has 0 aliphatic heterocycles. The lowest BCUT2D eigenvalue weighted by atomic mass is 10.2. The van der Waals surface area contributed by atoms with Crippen LogP contribution in [0.1, 0.15) is 17.5 Å². The van der Waals surface area contributed by atoms with Crippen LogP contribution in [0.2, 0.25) is 0 Å². The van der Waals surface area contributed by atoms with Gasteiger partial charge in [0.05, 0.1) is 0 Å². The molecule has 2 rings (SSSR count). The second-order valence-electron chi connectivity index (χ2n) is 4.78. The van der Waals surface area contributed by atoms with E-state index in [4.69, 9.17) is 0 Å². The fourth-order valence-electron chi connectivity index (χ4n) is 1.95. The number of rotatable bonds is 7. The molecule has 0 spiro atoms. The maximum absolute atomic E-state index is 13.4. The van der Waals surface area contributed by atoms with Gasteiger partial charge in [0.2, 0.25) is 5.91 Å². The monoisotopic (exact) mass is 286 g/mol. The molecule has 0 saturated heterocycles. The normalized spacial score (nSPS) is 10.3. The second kappa shape index (κ2) is 8.17. The minimum Gasteiger partial charge on any atom is -0.352 e. The van der Waals surface area contributed by atoms with Gasteiger partial charge in [-0.15, -0.1) is 0 Å². The molecule has 0 bridgehead atoms. The van der Waals surface area contributed by atoms with Gasteiger partial charge in [-0.05, 0) is 11.6 Å². The van der Waals surface area contributed by atoms with Crippen LogP contribution in [0.3, 0.4) is 0 Å². The molecule has 1 amide bonds. The first kappa shape index (κ1) is 15.2. The van der Waals surface area contributed by atoms with Crippen LogP contribution in [0, 0.1) is 5.82 Å². The average molecular weight is 286 g/mol. The Morgan fingerprint density at radius 1 is 0.952 bits per heavy atom. The van der Waals surface area contributed by atoms with Gasteiger partial charge in [-0.25, -0.2) is 4.39 Å². The Kier molecular flexibility index (Phi) is 5.91. The molecule has 0 radical (unpaired) electrons. The van der Waals surface area contributed by atoms with Gasteiger partial charge in [-0.1, -0.05) is 48.5 Å². The Hall–Kier alpha value is -2.20. The van der Waals surface area contributed by atoms with Crippen LogP contribution in [0.25, 0.3) is 0 Å². The smallest absolute Gasteiger partial charge is 0.221 e. The summed E-state index contributed by atoms with van der Waals surface area (Å²) in [6.07, 6.45) is 0.376. The molecule has 3 nitrogen and oxygen atoms in total. The molecule has 0 aliphatic carbocycles. The van der Waals surface area contributed by atoms with Crippen LogP contribution in [0.5, 0.6) is 0 Å². The van der Waals surface area contributed by atoms with Crippen molar-refractivity contribution in [3.05, 3.63) is 71.5 Å². The summed E-state index contributed by atoms with van der Waals surface area (Å²) in [5, 5.41) is 5.93. The van der Waals surface area contributed by atoms with E-state index in [9.17, 15) is 9.18 Å². The average Bonchev–Trinajstić information content (AvgIpc) is 2.52. The lowest BCUT2D eigenvalue weighted by molar-refractivity contribution is -0.121. The van der Waals surface area contributed by atoms with Crippen LogP contribution in [0.15, 0.2) is 54.6 Å². The Morgan fingerprint density at radius 3 is 2.43 bits per heavy atom. The van der Waals surface area contributed by atoms with Crippen LogP contribution in [-0.4, -0.2) is 12.5 Å². The van der Waals surface area contributed by atoms with Crippen molar-refractivity contribution in [1.82, 2.24) is 10.6 Å². The van der Waals surface area contributed by atoms with Gasteiger partial charge in [0.1, 0.15) is 5.82 Å². The standard InChI is InChI=1S/C17H19FN2O/c18-16-9-5-4-8-15(16)13-20-17(21)10-11-19-12-14-6-2-1-3-7-14/h1-9,19H,10-13H2,(H,20,21). The molecule has 0 fully saturated rings. The van der Waals surface area contributed by atoms with Crippen molar-refractivity contribution in [2.24, 2.45) is 0 Å². The number of carbonyl (C=O) groups is 1. The van der Waals surface area contributed by atoms with Gasteiger partial charge >= 0.3 is 0 Å². The highest BCUT2D eigenvalue weighted by Gasteiger charge is 2.04. The maximum Gasteiger partial charge on any atom is 0.221 e. The zero-order valence-electron chi connectivity index (χ0n) is 11.8. The summed E-state index contributed by atoms with van der Waals surface area (Å²) in [6.45, 7) is 1.56. The number of halogens is 1. The number of benzene rings is 2. The van der Waals surface area contributed by atoms with E-state index in [2.05, 4.69) is 10.6 Å². The summed E-state index contributed by atoms with van der Waals surface area (Å²) in [6, 6.07) is 16.5. The van der Waals surface area contributed by atoms with E-state index >= 15 is 0 Å². The molecule has 2 aromatic carbocycles. The van der Waals surface area contributed by atoms with Crippen LogP contribution in [-0.2, 0) is 17.9 Å². The summed E-state index contributed by atoms with van der Waals surface area (Å²) in [7, 11) is 0. The topological polar surface area (TPSA) is 41.1 Å². The van der Waals surface area contributed by atoms with Gasteiger partial charge in [0.25, 0.3) is 0 Å². The third-order valence-electron chi connectivity index (χ3n) is 3.13. The van der Waals surface area contributed by atoms with Gasteiger partial charge in [0.15, 0.2) is 0 Å². The van der Waals surface area contributed by atoms with Crippen molar-refractivity contribution < 1.29 is 9.18 Å². The molecular formula is C17H19FN2O. The van der Waals surface area contributed by atoms with E-state index in [1.807, 2.05) is 30.3 Å². The first-order valence-electron chi connectivity index (χ1n) is 7.00. The molecule has 21 heavy (non-hydrogen) atoms. The van der Waals surface area contributed by atoms with E-state index < -0.39 is 0 Å². The zero-order valence-corrected chi connectivity index (χ0v) is 11.8. The van der Waals surface area contributed by atoms with E-state index in [1.165, 1.54) is 11.6 Å². The summed E-state index contributed by atoms with van der Waals surface area (Å²) >= 11 is 0. The van der Waals surface area contributed by atoms with Gasteiger partial charge in [-0.3, -0.25) is 4.79 Å². The SMILES string of the molecule is O=C(CCNCc1ccccc1)NCc1ccccc1F. The van der Waals surface area contributed by atoms with Crippen molar-refractivity contribution in [1.29, 1.82) is 0 Å². The van der Waals surface area contributed by atoms with Crippen molar-refractivity contribution in [3.63, 3.8) is 0 Å². The molecule has 0 unspecified atom stereocenters. The lowest BCUT2D eigenvalue weighted by Crippen LogP contribution is -2.27. The van der Waals surface area contributed by atoms with Crippen LogP contribution >= 0.6 is 0 Å². The molecule has 0 aromatic heterocycles. The molecule has 2 aromatic rings. The quantitative estimate of drug-likeness (QED) is 0.768. The Bertz CT molecular complexity index is 572. The predicted octanol–water partition coefficient (Wildman–Crippen LogP) is 2.62. The third kappa shape index (κ3) is 5.36. The van der Waals surface area contributed by atoms with Crippen molar-refractivity contribution in [2.45, 2.75) is 19.5 Å². The molecule has 4 heteroatoms. The predicted molar refractivity (Wildman–Crippen MR) is 81.0 cm³/mol. The third-order valence-corrected chi connectivity index (χ3v) is 3.13. The fourth-order valence-corrected chi connectivity index (χ4v) is 1.95. The number of hydrogen-bond donors (Lipinski definition) is 2. The summed E-state index contributed by atoms with van der Waals surface area (Å²) in [5.41, 5.74) is 1.69. The van der Waals surface area contributed by atoms with E-state index in [0.29, 0.717) is 18.5 Å². The highest BCUT2D eigenvalue weighted by molar-refractivity contribution is 5.76. The fraction of sp³-hybridized carbons (Fsp3) is 0.235. The number of hydrogen-bond acceptors (Lipinski definition) is 2. The highest BCUT2D eigenvalue weighted by atomic mass is 19.1. The summed E-state index contributed by atoms with van der Waals surface area (Å²) in [5.74, 6) is -0.376. The number of carbonyl (C=O) groups excluding carboxylic acids is 1. The van der Waals surface area contributed by atoms with Crippen LogP contribution < -0.4 is 10.6 Å². The first-order chi connectivity index (χ1) is 10.3. The van der Waals surface area contributed by atoms with E-state index in [1.54, 1.807) is 18.2 Å². The first-order valence-corrected chi connectivity index (χ1v) is 7.00. The molecule has 2 N–H and O–H groups in total. The van der Waals surface area contributed by atoms with Crippen molar-refractivity contribution >= 4 is 5.91 Å². The molecule has 0 heterocycles. The molecule has 0 aliphatic rings. The Balaban J connectivity index is 1.63.